The Morgan fingerprint density at radius 3 is 2.30 bits per heavy atom. The Labute approximate surface area is 177 Å². The fourth-order valence-corrected chi connectivity index (χ4v) is 3.52. The van der Waals surface area contributed by atoms with Gasteiger partial charge in [-0.05, 0) is 44.9 Å². The van der Waals surface area contributed by atoms with Gasteiger partial charge < -0.3 is 19.9 Å². The van der Waals surface area contributed by atoms with Crippen molar-refractivity contribution in [3.05, 3.63) is 66.4 Å². The number of aliphatic carboxylic acids is 1. The number of carbonyl (C=O) groups is 1. The highest BCUT2D eigenvalue weighted by Gasteiger charge is 2.17. The van der Waals surface area contributed by atoms with Gasteiger partial charge in [0.15, 0.2) is 0 Å². The number of aliphatic hydroxyl groups is 2. The van der Waals surface area contributed by atoms with Gasteiger partial charge in [-0.3, -0.25) is 4.79 Å². The molecule has 0 amide bonds. The average Bonchev–Trinajstić information content (AvgIpc) is 3.03. The largest absolute Gasteiger partial charge is 0.481 e. The van der Waals surface area contributed by atoms with Crippen LogP contribution in [0.4, 0.5) is 0 Å². The zero-order chi connectivity index (χ0) is 22.3. The van der Waals surface area contributed by atoms with E-state index in [1.165, 1.54) is 33.3 Å². The molecule has 0 radical (unpaired) electrons. The first-order valence-corrected chi connectivity index (χ1v) is 10.1. The molecule has 0 bridgehead atoms. The second kappa shape index (κ2) is 10.8. The minimum atomic E-state index is -1.05. The molecule has 1 atom stereocenters. The van der Waals surface area contributed by atoms with E-state index in [9.17, 15) is 4.79 Å². The Morgan fingerprint density at radius 2 is 1.77 bits per heavy atom. The van der Waals surface area contributed by atoms with Gasteiger partial charge in [-0.25, -0.2) is 0 Å². The van der Waals surface area contributed by atoms with Crippen LogP contribution in [0, 0.1) is 6.92 Å². The zero-order valence-electron chi connectivity index (χ0n) is 17.9. The molecular formula is C25H31NO4. The average molecular weight is 410 g/mol. The van der Waals surface area contributed by atoms with Crippen molar-refractivity contribution in [2.45, 2.75) is 45.8 Å². The zero-order valence-corrected chi connectivity index (χ0v) is 17.9. The fraction of sp³-hybridized carbons (Fsp3) is 0.320. The number of rotatable bonds is 7. The SMILES string of the molecule is C=Cc1c(-c2ccc(C)cc2)c2ccccc2n1C(C)C.O=C(O)CC(O)CCO. The highest BCUT2D eigenvalue weighted by molar-refractivity contribution is 6.00. The van der Waals surface area contributed by atoms with Gasteiger partial charge in [0.05, 0.1) is 12.5 Å². The molecule has 1 unspecified atom stereocenters. The van der Waals surface area contributed by atoms with Crippen LogP contribution in [0.25, 0.3) is 28.1 Å². The molecule has 5 nitrogen and oxygen atoms in total. The van der Waals surface area contributed by atoms with E-state index in [1.54, 1.807) is 0 Å². The number of nitrogens with zero attached hydrogens (tertiary/aromatic N) is 1. The van der Waals surface area contributed by atoms with Crippen LogP contribution in [-0.4, -0.2) is 38.6 Å². The smallest absolute Gasteiger partial charge is 0.305 e. The molecule has 160 valence electrons. The molecule has 3 rings (SSSR count). The number of aliphatic hydroxyl groups excluding tert-OH is 2. The molecule has 0 spiro atoms. The standard InChI is InChI=1S/C20H21N.C5H10O4/c1-5-18-20(16-12-10-15(4)11-13-16)17-8-6-7-9-19(17)21(18)14(2)3;6-2-1-4(7)3-5(8)9/h5-14H,1H2,2-4H3;4,6-7H,1-3H2,(H,8,9). The number of fused-ring (bicyclic) bond motifs is 1. The molecule has 5 heteroatoms. The molecule has 0 fully saturated rings. The van der Waals surface area contributed by atoms with Crippen LogP contribution in [-0.2, 0) is 4.79 Å². The molecule has 1 aromatic heterocycles. The molecule has 3 aromatic rings. The molecule has 0 aliphatic heterocycles. The summed E-state index contributed by atoms with van der Waals surface area (Å²) < 4.78 is 2.37. The number of para-hydroxylation sites is 1. The summed E-state index contributed by atoms with van der Waals surface area (Å²) in [4.78, 5) is 9.84. The number of hydrogen-bond donors (Lipinski definition) is 3. The van der Waals surface area contributed by atoms with E-state index in [1.807, 2.05) is 6.08 Å². The van der Waals surface area contributed by atoms with Gasteiger partial charge in [-0.2, -0.15) is 0 Å². The van der Waals surface area contributed by atoms with Gasteiger partial charge in [-0.15, -0.1) is 0 Å². The second-order valence-corrected chi connectivity index (χ2v) is 7.58. The summed E-state index contributed by atoms with van der Waals surface area (Å²) in [6.07, 6.45) is 0.912. The summed E-state index contributed by atoms with van der Waals surface area (Å²) in [6.45, 7) is 10.4. The van der Waals surface area contributed by atoms with Crippen LogP contribution in [0.15, 0.2) is 55.1 Å². The Balaban J connectivity index is 0.000000303. The number of carboxylic acids is 1. The number of benzene rings is 2. The van der Waals surface area contributed by atoms with Gasteiger partial charge in [0.1, 0.15) is 0 Å². The van der Waals surface area contributed by atoms with Crippen molar-refractivity contribution in [3.8, 4) is 11.1 Å². The van der Waals surface area contributed by atoms with E-state index in [2.05, 4.69) is 80.4 Å². The molecular weight excluding hydrogens is 378 g/mol. The fourth-order valence-electron chi connectivity index (χ4n) is 3.52. The highest BCUT2D eigenvalue weighted by atomic mass is 16.4. The number of hydrogen-bond acceptors (Lipinski definition) is 3. The van der Waals surface area contributed by atoms with Gasteiger partial charge >= 0.3 is 5.97 Å². The highest BCUT2D eigenvalue weighted by Crippen LogP contribution is 2.37. The topological polar surface area (TPSA) is 82.7 Å². The Kier molecular flexibility index (Phi) is 8.39. The van der Waals surface area contributed by atoms with Crippen molar-refractivity contribution in [2.24, 2.45) is 0 Å². The van der Waals surface area contributed by atoms with Crippen molar-refractivity contribution in [2.75, 3.05) is 6.61 Å². The first-order valence-electron chi connectivity index (χ1n) is 10.1. The van der Waals surface area contributed by atoms with Gasteiger partial charge in [0.25, 0.3) is 0 Å². The Morgan fingerprint density at radius 1 is 1.13 bits per heavy atom. The molecule has 3 N–H and O–H groups in total. The van der Waals surface area contributed by atoms with Gasteiger partial charge in [-0.1, -0.05) is 54.6 Å². The van der Waals surface area contributed by atoms with E-state index in [4.69, 9.17) is 15.3 Å². The lowest BCUT2D eigenvalue weighted by atomic mass is 10.0. The summed E-state index contributed by atoms with van der Waals surface area (Å²) in [5, 5.41) is 26.2. The van der Waals surface area contributed by atoms with Crippen molar-refractivity contribution in [3.63, 3.8) is 0 Å². The molecule has 0 aliphatic carbocycles. The molecule has 2 aromatic carbocycles. The maximum Gasteiger partial charge on any atom is 0.305 e. The van der Waals surface area contributed by atoms with Crippen LogP contribution < -0.4 is 0 Å². The summed E-state index contributed by atoms with van der Waals surface area (Å²) in [7, 11) is 0. The molecule has 0 saturated carbocycles. The number of carboxylic acid groups (broad SMARTS) is 1. The second-order valence-electron chi connectivity index (χ2n) is 7.58. The Hall–Kier alpha value is -2.89. The summed E-state index contributed by atoms with van der Waals surface area (Å²) in [6, 6.07) is 17.8. The summed E-state index contributed by atoms with van der Waals surface area (Å²) in [5.74, 6) is -1.05. The number of aromatic nitrogens is 1. The summed E-state index contributed by atoms with van der Waals surface area (Å²) >= 11 is 0. The van der Waals surface area contributed by atoms with E-state index in [-0.39, 0.29) is 19.4 Å². The minimum Gasteiger partial charge on any atom is -0.481 e. The minimum absolute atomic E-state index is 0.131. The van der Waals surface area contributed by atoms with E-state index in [0.29, 0.717) is 6.04 Å². The van der Waals surface area contributed by atoms with E-state index < -0.39 is 12.1 Å². The van der Waals surface area contributed by atoms with Crippen LogP contribution in [0.3, 0.4) is 0 Å². The third-order valence-electron chi connectivity index (χ3n) is 4.87. The molecule has 0 saturated heterocycles. The maximum atomic E-state index is 9.84. The van der Waals surface area contributed by atoms with Crippen molar-refractivity contribution in [1.29, 1.82) is 0 Å². The number of aryl methyl sites for hydroxylation is 1. The van der Waals surface area contributed by atoms with Gasteiger partial charge in [0, 0.05) is 34.8 Å². The third kappa shape index (κ3) is 5.59. The predicted molar refractivity (Wildman–Crippen MR) is 123 cm³/mol. The van der Waals surface area contributed by atoms with Crippen LogP contribution in [0.5, 0.6) is 0 Å². The molecule has 30 heavy (non-hydrogen) atoms. The summed E-state index contributed by atoms with van der Waals surface area (Å²) in [5.41, 5.74) is 6.31. The van der Waals surface area contributed by atoms with E-state index >= 15 is 0 Å². The van der Waals surface area contributed by atoms with Crippen molar-refractivity contribution >= 4 is 22.9 Å². The first-order chi connectivity index (χ1) is 14.3. The van der Waals surface area contributed by atoms with Gasteiger partial charge in [0.2, 0.25) is 0 Å². The maximum absolute atomic E-state index is 9.84. The van der Waals surface area contributed by atoms with E-state index in [0.717, 1.165) is 0 Å². The first kappa shape index (κ1) is 23.4. The van der Waals surface area contributed by atoms with Crippen LogP contribution >= 0.6 is 0 Å². The lowest BCUT2D eigenvalue weighted by molar-refractivity contribution is -0.139. The third-order valence-corrected chi connectivity index (χ3v) is 4.87. The predicted octanol–water partition coefficient (Wildman–Crippen LogP) is 5.05. The normalized spacial score (nSPS) is 11.8. The quantitative estimate of drug-likeness (QED) is 0.510. The van der Waals surface area contributed by atoms with Crippen molar-refractivity contribution in [1.82, 2.24) is 4.57 Å². The van der Waals surface area contributed by atoms with Crippen molar-refractivity contribution < 1.29 is 20.1 Å². The molecule has 0 aliphatic rings. The Bertz CT molecular complexity index is 986. The lowest BCUT2D eigenvalue weighted by Crippen LogP contribution is -2.13. The van der Waals surface area contributed by atoms with Crippen LogP contribution in [0.2, 0.25) is 0 Å². The van der Waals surface area contributed by atoms with Crippen LogP contribution in [0.1, 0.15) is 44.0 Å². The lowest BCUT2D eigenvalue weighted by Gasteiger charge is -2.13. The monoisotopic (exact) mass is 409 g/mol. The molecule has 1 heterocycles.